The molecule has 2 aliphatic rings. The van der Waals surface area contributed by atoms with E-state index < -0.39 is 11.9 Å². The van der Waals surface area contributed by atoms with E-state index in [0.717, 1.165) is 12.2 Å². The first-order valence-electron chi connectivity index (χ1n) is 10.4. The minimum absolute atomic E-state index is 0.00959. The number of likely N-dealkylation sites (tertiary alicyclic amines) is 1. The number of halogens is 1. The molecule has 6 rings (SSSR count). The smallest absolute Gasteiger partial charge is 0.407 e. The Labute approximate surface area is 186 Å². The van der Waals surface area contributed by atoms with E-state index in [4.69, 9.17) is 5.10 Å². The van der Waals surface area contributed by atoms with Crippen LogP contribution in [0.3, 0.4) is 0 Å². The zero-order chi connectivity index (χ0) is 22.5. The molecule has 4 aromatic heterocycles. The minimum atomic E-state index is -0.869. The number of fused-ring (bicyclic) bond motifs is 3. The van der Waals surface area contributed by atoms with Crippen LogP contribution in [0.1, 0.15) is 6.42 Å². The maximum absolute atomic E-state index is 13.8. The van der Waals surface area contributed by atoms with Gasteiger partial charge in [-0.15, -0.1) is 5.10 Å². The molecule has 2 aliphatic heterocycles. The number of amides is 1. The first-order valence-corrected chi connectivity index (χ1v) is 10.4. The van der Waals surface area contributed by atoms with Gasteiger partial charge in [0.25, 0.3) is 0 Å². The third-order valence-electron chi connectivity index (χ3n) is 6.07. The summed E-state index contributed by atoms with van der Waals surface area (Å²) in [7, 11) is 0. The average molecular weight is 447 g/mol. The predicted octanol–water partition coefficient (Wildman–Crippen LogP) is 2.40. The van der Waals surface area contributed by atoms with E-state index in [1.165, 1.54) is 23.2 Å². The molecule has 0 aromatic carbocycles. The van der Waals surface area contributed by atoms with Gasteiger partial charge in [-0.3, -0.25) is 0 Å². The van der Waals surface area contributed by atoms with Crippen LogP contribution < -0.4 is 10.2 Å². The third kappa shape index (κ3) is 3.26. The monoisotopic (exact) mass is 447 g/mol. The van der Waals surface area contributed by atoms with Crippen molar-refractivity contribution in [2.45, 2.75) is 18.5 Å². The normalized spacial score (nSPS) is 19.4. The Morgan fingerprint density at radius 2 is 1.91 bits per heavy atom. The fourth-order valence-corrected chi connectivity index (χ4v) is 4.50. The highest BCUT2D eigenvalue weighted by molar-refractivity contribution is 5.68. The Bertz CT molecular complexity index is 1360. The summed E-state index contributed by atoms with van der Waals surface area (Å²) in [5.41, 5.74) is 2.07. The van der Waals surface area contributed by atoms with Crippen LogP contribution in [-0.4, -0.2) is 70.8 Å². The molecule has 0 aliphatic carbocycles. The third-order valence-corrected chi connectivity index (χ3v) is 6.07. The van der Waals surface area contributed by atoms with Crippen molar-refractivity contribution in [3.05, 3.63) is 54.9 Å². The number of aromatic nitrogens is 6. The van der Waals surface area contributed by atoms with E-state index in [1.807, 2.05) is 12.1 Å². The largest absolute Gasteiger partial charge is 0.465 e. The summed E-state index contributed by atoms with van der Waals surface area (Å²) >= 11 is 0. The van der Waals surface area contributed by atoms with Gasteiger partial charge >= 0.3 is 6.09 Å². The number of nitrogens with one attached hydrogen (secondary N) is 1. The fourth-order valence-electron chi connectivity index (χ4n) is 4.50. The van der Waals surface area contributed by atoms with Gasteiger partial charge in [0.05, 0.1) is 24.0 Å². The van der Waals surface area contributed by atoms with Crippen molar-refractivity contribution in [2.24, 2.45) is 0 Å². The second kappa shape index (κ2) is 7.36. The van der Waals surface area contributed by atoms with Crippen LogP contribution in [0.15, 0.2) is 49.1 Å². The van der Waals surface area contributed by atoms with Gasteiger partial charge in [-0.05, 0) is 30.7 Å². The SMILES string of the molecule is O=C(O)N1CC2CC1CN2c1ccc2ncc(-c3cnc(Nc4ncccc4F)nc3)n2n1. The van der Waals surface area contributed by atoms with Crippen molar-refractivity contribution >= 4 is 29.3 Å². The highest BCUT2D eigenvalue weighted by Crippen LogP contribution is 2.34. The lowest BCUT2D eigenvalue weighted by Gasteiger charge is -2.33. The summed E-state index contributed by atoms with van der Waals surface area (Å²) in [5, 5.41) is 16.8. The molecule has 2 N–H and O–H groups in total. The molecule has 166 valence electrons. The maximum atomic E-state index is 13.8. The second-order valence-electron chi connectivity index (χ2n) is 7.99. The van der Waals surface area contributed by atoms with Gasteiger partial charge in [0.15, 0.2) is 17.3 Å². The standard InChI is InChI=1S/C21H18FN9O2/c22-15-2-1-5-23-19(15)27-20-25-7-12(8-26-20)16-9-24-17-3-4-18(28-31(16)17)29-10-14-6-13(29)11-30(14)21(32)33/h1-5,7-9,13-14H,6,10-11H2,(H,32,33)(H,23,25,26,27). The van der Waals surface area contributed by atoms with Crippen molar-refractivity contribution in [1.29, 1.82) is 0 Å². The van der Waals surface area contributed by atoms with Crippen molar-refractivity contribution < 1.29 is 14.3 Å². The summed E-state index contributed by atoms with van der Waals surface area (Å²) < 4.78 is 15.5. The van der Waals surface area contributed by atoms with Crippen molar-refractivity contribution in [3.63, 3.8) is 0 Å². The number of anilines is 3. The Hall–Kier alpha value is -4.35. The lowest BCUT2D eigenvalue weighted by atomic mass is 10.2. The number of carbonyl (C=O) groups is 1. The highest BCUT2D eigenvalue weighted by atomic mass is 19.1. The zero-order valence-electron chi connectivity index (χ0n) is 17.2. The molecule has 4 aromatic rings. The maximum Gasteiger partial charge on any atom is 0.407 e. The molecule has 2 saturated heterocycles. The summed E-state index contributed by atoms with van der Waals surface area (Å²) in [6.07, 6.45) is 6.33. The molecule has 2 atom stereocenters. The van der Waals surface area contributed by atoms with E-state index in [2.05, 4.69) is 30.2 Å². The number of pyridine rings is 1. The van der Waals surface area contributed by atoms with E-state index in [1.54, 1.807) is 23.1 Å². The Morgan fingerprint density at radius 1 is 1.06 bits per heavy atom. The quantitative estimate of drug-likeness (QED) is 0.485. The van der Waals surface area contributed by atoms with Crippen LogP contribution in [0.25, 0.3) is 16.9 Å². The predicted molar refractivity (Wildman–Crippen MR) is 116 cm³/mol. The second-order valence-corrected chi connectivity index (χ2v) is 7.99. The van der Waals surface area contributed by atoms with Gasteiger partial charge in [0, 0.05) is 37.2 Å². The van der Waals surface area contributed by atoms with Crippen LogP contribution in [0.2, 0.25) is 0 Å². The summed E-state index contributed by atoms with van der Waals surface area (Å²) in [6, 6.07) is 6.70. The zero-order valence-corrected chi connectivity index (χ0v) is 17.2. The lowest BCUT2D eigenvalue weighted by molar-refractivity contribution is 0.137. The molecule has 12 heteroatoms. The Balaban J connectivity index is 1.26. The minimum Gasteiger partial charge on any atom is -0.465 e. The van der Waals surface area contributed by atoms with Crippen LogP contribution >= 0.6 is 0 Å². The molecular weight excluding hydrogens is 429 g/mol. The molecule has 1 amide bonds. The van der Waals surface area contributed by atoms with E-state index in [-0.39, 0.29) is 23.8 Å². The number of carboxylic acid groups (broad SMARTS) is 1. The number of piperazine rings is 1. The van der Waals surface area contributed by atoms with Gasteiger partial charge in [0.1, 0.15) is 5.82 Å². The summed E-state index contributed by atoms with van der Waals surface area (Å²) in [5.74, 6) is 0.539. The molecule has 0 saturated carbocycles. The number of nitrogens with zero attached hydrogens (tertiary/aromatic N) is 8. The number of hydrogen-bond donors (Lipinski definition) is 2. The molecule has 33 heavy (non-hydrogen) atoms. The highest BCUT2D eigenvalue weighted by Gasteiger charge is 2.46. The van der Waals surface area contributed by atoms with E-state index in [9.17, 15) is 14.3 Å². The number of imidazole rings is 1. The molecule has 2 unspecified atom stereocenters. The van der Waals surface area contributed by atoms with Crippen LogP contribution in [0.5, 0.6) is 0 Å². The van der Waals surface area contributed by atoms with Crippen LogP contribution in [0, 0.1) is 5.82 Å². The van der Waals surface area contributed by atoms with Crippen molar-refractivity contribution in [1.82, 2.24) is 34.4 Å². The van der Waals surface area contributed by atoms with Crippen molar-refractivity contribution in [3.8, 4) is 11.3 Å². The molecule has 0 radical (unpaired) electrons. The fraction of sp³-hybridized carbons (Fsp3) is 0.238. The van der Waals surface area contributed by atoms with Gasteiger partial charge < -0.3 is 20.2 Å². The van der Waals surface area contributed by atoms with Crippen LogP contribution in [0.4, 0.5) is 26.8 Å². The molecule has 6 heterocycles. The van der Waals surface area contributed by atoms with Gasteiger partial charge in [0.2, 0.25) is 5.95 Å². The molecule has 0 spiro atoms. The topological polar surface area (TPSA) is 125 Å². The van der Waals surface area contributed by atoms with Gasteiger partial charge in [-0.2, -0.15) is 0 Å². The first-order chi connectivity index (χ1) is 16.1. The number of hydrogen-bond acceptors (Lipinski definition) is 8. The Morgan fingerprint density at radius 3 is 2.64 bits per heavy atom. The first kappa shape index (κ1) is 19.3. The number of rotatable bonds is 4. The average Bonchev–Trinajstić information content (AvgIpc) is 3.55. The van der Waals surface area contributed by atoms with E-state index in [0.29, 0.717) is 30.0 Å². The summed E-state index contributed by atoms with van der Waals surface area (Å²) in [6.45, 7) is 1.10. The van der Waals surface area contributed by atoms with E-state index >= 15 is 0 Å². The lowest BCUT2D eigenvalue weighted by Crippen LogP contribution is -2.48. The molecular formula is C21H18FN9O2. The molecule has 2 bridgehead atoms. The Kier molecular flexibility index (Phi) is 4.31. The van der Waals surface area contributed by atoms with Crippen molar-refractivity contribution in [2.75, 3.05) is 23.3 Å². The van der Waals surface area contributed by atoms with Crippen LogP contribution in [-0.2, 0) is 0 Å². The molecule has 11 nitrogen and oxygen atoms in total. The van der Waals surface area contributed by atoms with Gasteiger partial charge in [-0.1, -0.05) is 0 Å². The molecule has 2 fully saturated rings. The van der Waals surface area contributed by atoms with Gasteiger partial charge in [-0.25, -0.2) is 33.6 Å². The summed E-state index contributed by atoms with van der Waals surface area (Å²) in [4.78, 5) is 31.9.